The Labute approximate surface area is 212 Å². The van der Waals surface area contributed by atoms with E-state index in [0.29, 0.717) is 19.3 Å². The van der Waals surface area contributed by atoms with Crippen LogP contribution in [0, 0.1) is 5.92 Å². The lowest BCUT2D eigenvalue weighted by Crippen LogP contribution is -2.58. The van der Waals surface area contributed by atoms with E-state index in [1.165, 1.54) is 6.92 Å². The topological polar surface area (TPSA) is 105 Å². The normalized spacial score (nSPS) is 14.8. The minimum atomic E-state index is -1.45. The van der Waals surface area contributed by atoms with Gasteiger partial charge in [0.2, 0.25) is 5.91 Å². The van der Waals surface area contributed by atoms with E-state index in [-0.39, 0.29) is 24.9 Å². The zero-order chi connectivity index (χ0) is 26.3. The van der Waals surface area contributed by atoms with Crippen LogP contribution in [0.5, 0.6) is 0 Å². The van der Waals surface area contributed by atoms with Gasteiger partial charge in [0.15, 0.2) is 0 Å². The maximum Gasteiger partial charge on any atom is 0.407 e. The third-order valence-corrected chi connectivity index (χ3v) is 6.62. The van der Waals surface area contributed by atoms with Gasteiger partial charge in [0, 0.05) is 5.92 Å². The van der Waals surface area contributed by atoms with Crippen LogP contribution in [0.25, 0.3) is 11.1 Å². The lowest BCUT2D eigenvalue weighted by Gasteiger charge is -2.29. The molecule has 192 valence electrons. The molecule has 2 aromatic rings. The van der Waals surface area contributed by atoms with Gasteiger partial charge in [0.1, 0.15) is 18.2 Å². The van der Waals surface area contributed by atoms with Crippen LogP contribution in [0.1, 0.15) is 63.5 Å². The molecule has 0 aromatic heterocycles. The first-order valence-corrected chi connectivity index (χ1v) is 12.4. The van der Waals surface area contributed by atoms with Crippen LogP contribution >= 0.6 is 0 Å². The van der Waals surface area contributed by atoms with Crippen LogP contribution in [-0.4, -0.2) is 41.3 Å². The Morgan fingerprint density at radius 2 is 1.67 bits per heavy atom. The highest BCUT2D eigenvalue weighted by atomic mass is 16.5. The maximum atomic E-state index is 13.1. The minimum Gasteiger partial charge on any atom is -0.480 e. The van der Waals surface area contributed by atoms with Crippen LogP contribution in [0.15, 0.2) is 61.2 Å². The number of amides is 2. The molecule has 0 saturated carbocycles. The molecule has 2 amide bonds. The lowest BCUT2D eigenvalue weighted by molar-refractivity contribution is -0.147. The van der Waals surface area contributed by atoms with Crippen molar-refractivity contribution in [2.75, 3.05) is 6.61 Å². The van der Waals surface area contributed by atoms with Crippen LogP contribution in [0.3, 0.4) is 0 Å². The first-order valence-electron chi connectivity index (χ1n) is 12.4. The summed E-state index contributed by atoms with van der Waals surface area (Å²) in [6, 6.07) is 15.2. The smallest absolute Gasteiger partial charge is 0.407 e. The molecule has 0 spiro atoms. The predicted octanol–water partition coefficient (Wildman–Crippen LogP) is 5.26. The third kappa shape index (κ3) is 6.33. The van der Waals surface area contributed by atoms with Gasteiger partial charge in [-0.2, -0.15) is 0 Å². The Hall–Kier alpha value is -3.61. The summed E-state index contributed by atoms with van der Waals surface area (Å²) in [5.41, 5.74) is 3.00. The Bertz CT molecular complexity index is 1070. The molecular formula is C29H36N2O5. The molecule has 7 nitrogen and oxygen atoms in total. The van der Waals surface area contributed by atoms with Gasteiger partial charge in [-0.1, -0.05) is 68.5 Å². The van der Waals surface area contributed by atoms with Gasteiger partial charge in [-0.3, -0.25) is 4.79 Å². The number of carbonyl (C=O) groups excluding carboxylic acids is 2. The Morgan fingerprint density at radius 3 is 2.19 bits per heavy atom. The van der Waals surface area contributed by atoms with E-state index in [0.717, 1.165) is 22.3 Å². The van der Waals surface area contributed by atoms with Gasteiger partial charge in [0.05, 0.1) is 0 Å². The number of alkyl carbamates (subject to hydrolysis) is 1. The third-order valence-electron chi connectivity index (χ3n) is 6.62. The van der Waals surface area contributed by atoms with Crippen molar-refractivity contribution >= 4 is 18.0 Å². The molecule has 0 fully saturated rings. The van der Waals surface area contributed by atoms with Crippen molar-refractivity contribution in [1.82, 2.24) is 10.6 Å². The first-order chi connectivity index (χ1) is 17.2. The second-order valence-corrected chi connectivity index (χ2v) is 9.96. The summed E-state index contributed by atoms with van der Waals surface area (Å²) in [5, 5.41) is 15.0. The highest BCUT2D eigenvalue weighted by Gasteiger charge is 2.37. The fraction of sp³-hybridized carbons (Fsp3) is 0.414. The lowest BCUT2D eigenvalue weighted by atomic mass is 9.93. The second-order valence-electron chi connectivity index (χ2n) is 9.96. The number of fused-ring (bicyclic) bond motifs is 3. The standard InChI is InChI=1S/C29H36N2O5/c1-5-6-11-16-29(4,27(33)34)31-26(32)25(17-19(2)3)30-28(35)36-18-24-22-14-9-7-12-20(22)21-13-8-10-15-23(21)24/h5,7-10,12-15,19,24-25H,1,6,11,16-18H2,2-4H3,(H,30,35)(H,31,32)(H,33,34)/t25-,29-/m0/s1. The molecule has 0 radical (unpaired) electrons. The van der Waals surface area contributed by atoms with Crippen molar-refractivity contribution in [3.05, 3.63) is 72.3 Å². The van der Waals surface area contributed by atoms with Crippen molar-refractivity contribution in [1.29, 1.82) is 0 Å². The van der Waals surface area contributed by atoms with E-state index in [1.807, 2.05) is 50.2 Å². The van der Waals surface area contributed by atoms with E-state index < -0.39 is 29.6 Å². The average Bonchev–Trinajstić information content (AvgIpc) is 3.16. The molecule has 0 saturated heterocycles. The summed E-state index contributed by atoms with van der Waals surface area (Å²) >= 11 is 0. The minimum absolute atomic E-state index is 0.0893. The Morgan fingerprint density at radius 1 is 1.08 bits per heavy atom. The number of carboxylic acids is 1. The number of ether oxygens (including phenoxy) is 1. The van der Waals surface area contributed by atoms with E-state index in [2.05, 4.69) is 29.3 Å². The number of nitrogens with one attached hydrogen (secondary N) is 2. The van der Waals surface area contributed by atoms with Crippen LogP contribution in [0.2, 0.25) is 0 Å². The quantitative estimate of drug-likeness (QED) is 0.277. The SMILES string of the molecule is C=CCCC[C@](C)(NC(=O)[C@H](CC(C)C)NC(=O)OCC1c2ccccc2-c2ccccc21)C(=O)O. The number of unbranched alkanes of at least 4 members (excludes halogenated alkanes) is 1. The van der Waals surface area contributed by atoms with Crippen molar-refractivity contribution < 1.29 is 24.2 Å². The molecule has 0 bridgehead atoms. The predicted molar refractivity (Wildman–Crippen MR) is 140 cm³/mol. The molecule has 0 heterocycles. The first kappa shape index (κ1) is 27.0. The van der Waals surface area contributed by atoms with Crippen molar-refractivity contribution in [3.63, 3.8) is 0 Å². The summed E-state index contributed by atoms with van der Waals surface area (Å²) in [5.74, 6) is -1.67. The largest absolute Gasteiger partial charge is 0.480 e. The summed E-state index contributed by atoms with van der Waals surface area (Å²) in [6.07, 6.45) is 2.82. The van der Waals surface area contributed by atoms with Gasteiger partial charge in [0.25, 0.3) is 0 Å². The van der Waals surface area contributed by atoms with Gasteiger partial charge < -0.3 is 20.5 Å². The van der Waals surface area contributed by atoms with Gasteiger partial charge in [-0.05, 0) is 60.8 Å². The number of rotatable bonds is 12. The number of allylic oxidation sites excluding steroid dienone is 1. The molecule has 0 aliphatic heterocycles. The monoisotopic (exact) mass is 492 g/mol. The van der Waals surface area contributed by atoms with E-state index >= 15 is 0 Å². The molecule has 36 heavy (non-hydrogen) atoms. The van der Waals surface area contributed by atoms with Crippen molar-refractivity contribution in [2.24, 2.45) is 5.92 Å². The zero-order valence-electron chi connectivity index (χ0n) is 21.3. The van der Waals surface area contributed by atoms with E-state index in [9.17, 15) is 19.5 Å². The molecule has 3 N–H and O–H groups in total. The fourth-order valence-corrected chi connectivity index (χ4v) is 4.67. The summed E-state index contributed by atoms with van der Waals surface area (Å²) in [6.45, 7) is 9.13. The number of hydrogen-bond donors (Lipinski definition) is 3. The highest BCUT2D eigenvalue weighted by Crippen LogP contribution is 2.44. The van der Waals surface area contributed by atoms with Gasteiger partial charge in [-0.15, -0.1) is 6.58 Å². The summed E-state index contributed by atoms with van der Waals surface area (Å²) in [7, 11) is 0. The van der Waals surface area contributed by atoms with Crippen molar-refractivity contribution in [2.45, 2.75) is 64.0 Å². The molecule has 1 aliphatic rings. The number of hydrogen-bond acceptors (Lipinski definition) is 4. The summed E-state index contributed by atoms with van der Waals surface area (Å²) in [4.78, 5) is 37.8. The highest BCUT2D eigenvalue weighted by molar-refractivity contribution is 5.91. The molecule has 2 atom stereocenters. The molecular weight excluding hydrogens is 456 g/mol. The van der Waals surface area contributed by atoms with Gasteiger partial charge >= 0.3 is 12.1 Å². The van der Waals surface area contributed by atoms with E-state index in [4.69, 9.17) is 4.74 Å². The molecule has 7 heteroatoms. The Kier molecular flexibility index (Phi) is 8.91. The zero-order valence-corrected chi connectivity index (χ0v) is 21.3. The molecule has 2 aromatic carbocycles. The molecule has 3 rings (SSSR count). The number of benzene rings is 2. The van der Waals surface area contributed by atoms with Crippen molar-refractivity contribution in [3.8, 4) is 11.1 Å². The Balaban J connectivity index is 1.67. The molecule has 0 unspecified atom stereocenters. The summed E-state index contributed by atoms with van der Waals surface area (Å²) < 4.78 is 5.60. The number of carboxylic acid groups (broad SMARTS) is 1. The fourth-order valence-electron chi connectivity index (χ4n) is 4.67. The maximum absolute atomic E-state index is 13.1. The van der Waals surface area contributed by atoms with Crippen LogP contribution < -0.4 is 10.6 Å². The van der Waals surface area contributed by atoms with Crippen LogP contribution in [-0.2, 0) is 14.3 Å². The average molecular weight is 493 g/mol. The number of aliphatic carboxylic acids is 1. The van der Waals surface area contributed by atoms with E-state index in [1.54, 1.807) is 6.08 Å². The molecule has 1 aliphatic carbocycles. The second kappa shape index (κ2) is 11.9. The van der Waals surface area contributed by atoms with Gasteiger partial charge in [-0.25, -0.2) is 9.59 Å². The van der Waals surface area contributed by atoms with Crippen LogP contribution in [0.4, 0.5) is 4.79 Å². The number of carbonyl (C=O) groups is 3.